The van der Waals surface area contributed by atoms with E-state index in [1.54, 1.807) is 6.92 Å². The zero-order valence-electron chi connectivity index (χ0n) is 10.5. The Bertz CT molecular complexity index is 452. The van der Waals surface area contributed by atoms with Crippen molar-refractivity contribution in [2.75, 3.05) is 5.32 Å². The van der Waals surface area contributed by atoms with Gasteiger partial charge in [-0.25, -0.2) is 0 Å². The number of nitro groups is 2. The van der Waals surface area contributed by atoms with E-state index in [-0.39, 0.29) is 23.1 Å². The van der Waals surface area contributed by atoms with Gasteiger partial charge in [0.2, 0.25) is 0 Å². The first-order chi connectivity index (χ1) is 8.36. The first-order valence-corrected chi connectivity index (χ1v) is 5.56. The normalized spacial score (nSPS) is 11.9. The van der Waals surface area contributed by atoms with Gasteiger partial charge in [0.25, 0.3) is 11.4 Å². The molecule has 98 valence electrons. The number of benzene rings is 1. The smallest absolute Gasteiger partial charge is 0.299 e. The number of nitro benzene ring substituents is 2. The van der Waals surface area contributed by atoms with Crippen LogP contribution in [0, 0.1) is 27.2 Å². The topological polar surface area (TPSA) is 98.3 Å². The van der Waals surface area contributed by atoms with Crippen molar-refractivity contribution < 1.29 is 9.85 Å². The van der Waals surface area contributed by atoms with E-state index >= 15 is 0 Å². The van der Waals surface area contributed by atoms with Crippen LogP contribution in [0.1, 0.15) is 25.8 Å². The lowest BCUT2D eigenvalue weighted by molar-refractivity contribution is -0.392. The van der Waals surface area contributed by atoms with Crippen LogP contribution in [0.3, 0.4) is 0 Å². The number of aryl methyl sites for hydroxylation is 1. The molecule has 18 heavy (non-hydrogen) atoms. The van der Waals surface area contributed by atoms with Crippen LogP contribution in [0.4, 0.5) is 17.1 Å². The standard InChI is InChI=1S/C11H15N3O4/c1-4-8(3)12-11-9(13(15)16)5-7(2)6-10(11)14(17)18/h5-6,8,12H,4H2,1-3H3/t8-/m0/s1. The number of anilines is 1. The third-order valence-electron chi connectivity index (χ3n) is 2.64. The molecule has 1 rings (SSSR count). The van der Waals surface area contributed by atoms with Crippen molar-refractivity contribution in [3.8, 4) is 0 Å². The fourth-order valence-electron chi connectivity index (χ4n) is 1.53. The first kappa shape index (κ1) is 13.9. The quantitative estimate of drug-likeness (QED) is 0.642. The van der Waals surface area contributed by atoms with Gasteiger partial charge in [0, 0.05) is 18.2 Å². The Kier molecular flexibility index (Phi) is 4.19. The predicted octanol–water partition coefficient (Wildman–Crippen LogP) is 3.02. The fraction of sp³-hybridized carbons (Fsp3) is 0.455. The maximum absolute atomic E-state index is 11.0. The molecule has 7 nitrogen and oxygen atoms in total. The number of nitrogens with zero attached hydrogens (tertiary/aromatic N) is 2. The van der Waals surface area contributed by atoms with Gasteiger partial charge in [-0.05, 0) is 25.8 Å². The van der Waals surface area contributed by atoms with Crippen LogP contribution in [-0.2, 0) is 0 Å². The summed E-state index contributed by atoms with van der Waals surface area (Å²) in [6, 6.07) is 2.58. The average molecular weight is 253 g/mol. The summed E-state index contributed by atoms with van der Waals surface area (Å²) in [7, 11) is 0. The molecule has 0 aliphatic rings. The maximum atomic E-state index is 11.0. The molecule has 0 aliphatic carbocycles. The Labute approximate surface area is 104 Å². The molecule has 0 unspecified atom stereocenters. The highest BCUT2D eigenvalue weighted by molar-refractivity contribution is 5.75. The summed E-state index contributed by atoms with van der Waals surface area (Å²) < 4.78 is 0. The number of hydrogen-bond donors (Lipinski definition) is 1. The van der Waals surface area contributed by atoms with Crippen molar-refractivity contribution in [2.45, 2.75) is 33.2 Å². The van der Waals surface area contributed by atoms with Gasteiger partial charge in [-0.1, -0.05) is 6.92 Å². The molecular weight excluding hydrogens is 238 g/mol. The predicted molar refractivity (Wildman–Crippen MR) is 67.9 cm³/mol. The second-order valence-electron chi connectivity index (χ2n) is 4.15. The second kappa shape index (κ2) is 5.44. The highest BCUT2D eigenvalue weighted by Crippen LogP contribution is 2.36. The van der Waals surface area contributed by atoms with Gasteiger partial charge >= 0.3 is 0 Å². The van der Waals surface area contributed by atoms with Crippen molar-refractivity contribution >= 4 is 17.1 Å². The van der Waals surface area contributed by atoms with E-state index in [0.29, 0.717) is 12.0 Å². The van der Waals surface area contributed by atoms with Crippen LogP contribution in [0.5, 0.6) is 0 Å². The van der Waals surface area contributed by atoms with Gasteiger partial charge in [0.05, 0.1) is 9.85 Å². The molecule has 0 aliphatic heterocycles. The lowest BCUT2D eigenvalue weighted by atomic mass is 10.1. The molecule has 0 heterocycles. The van der Waals surface area contributed by atoms with Crippen molar-refractivity contribution in [1.29, 1.82) is 0 Å². The minimum Gasteiger partial charge on any atom is -0.371 e. The molecule has 7 heteroatoms. The Morgan fingerprint density at radius 3 is 2.00 bits per heavy atom. The van der Waals surface area contributed by atoms with Gasteiger partial charge < -0.3 is 5.32 Å². The second-order valence-corrected chi connectivity index (χ2v) is 4.15. The van der Waals surface area contributed by atoms with E-state index in [9.17, 15) is 20.2 Å². The monoisotopic (exact) mass is 253 g/mol. The molecule has 0 radical (unpaired) electrons. The summed E-state index contributed by atoms with van der Waals surface area (Å²) >= 11 is 0. The molecule has 1 aromatic carbocycles. The van der Waals surface area contributed by atoms with Crippen LogP contribution in [0.25, 0.3) is 0 Å². The van der Waals surface area contributed by atoms with Crippen molar-refractivity contribution in [3.05, 3.63) is 37.9 Å². The third kappa shape index (κ3) is 2.93. The average Bonchev–Trinajstić information content (AvgIpc) is 2.29. The van der Waals surface area contributed by atoms with Gasteiger partial charge in [0.1, 0.15) is 0 Å². The van der Waals surface area contributed by atoms with Crippen molar-refractivity contribution in [2.24, 2.45) is 0 Å². The Morgan fingerprint density at radius 2 is 1.67 bits per heavy atom. The Hall–Kier alpha value is -2.18. The molecule has 1 atom stereocenters. The molecular formula is C11H15N3O4. The molecule has 1 aromatic rings. The summed E-state index contributed by atoms with van der Waals surface area (Å²) in [4.78, 5) is 20.7. The molecule has 0 fully saturated rings. The van der Waals surface area contributed by atoms with E-state index in [0.717, 1.165) is 0 Å². The largest absolute Gasteiger partial charge is 0.371 e. The molecule has 0 saturated carbocycles. The fourth-order valence-corrected chi connectivity index (χ4v) is 1.53. The van der Waals surface area contributed by atoms with Crippen LogP contribution >= 0.6 is 0 Å². The van der Waals surface area contributed by atoms with Crippen LogP contribution in [0.2, 0.25) is 0 Å². The molecule has 0 aromatic heterocycles. The minimum atomic E-state index is -0.606. The number of nitrogens with one attached hydrogen (secondary N) is 1. The lowest BCUT2D eigenvalue weighted by Crippen LogP contribution is -2.16. The highest BCUT2D eigenvalue weighted by Gasteiger charge is 2.26. The van der Waals surface area contributed by atoms with Crippen molar-refractivity contribution in [3.63, 3.8) is 0 Å². The summed E-state index contributed by atoms with van der Waals surface area (Å²) in [6.07, 6.45) is 0.711. The zero-order chi connectivity index (χ0) is 13.9. The van der Waals surface area contributed by atoms with E-state index in [1.807, 2.05) is 13.8 Å². The first-order valence-electron chi connectivity index (χ1n) is 5.56. The number of rotatable bonds is 5. The Balaban J connectivity index is 3.40. The lowest BCUT2D eigenvalue weighted by Gasteiger charge is -2.13. The van der Waals surface area contributed by atoms with E-state index < -0.39 is 9.85 Å². The van der Waals surface area contributed by atoms with E-state index in [1.165, 1.54) is 12.1 Å². The van der Waals surface area contributed by atoms with E-state index in [4.69, 9.17) is 0 Å². The molecule has 0 bridgehead atoms. The van der Waals surface area contributed by atoms with Crippen LogP contribution in [0.15, 0.2) is 12.1 Å². The molecule has 0 spiro atoms. The Morgan fingerprint density at radius 1 is 1.22 bits per heavy atom. The van der Waals surface area contributed by atoms with Crippen LogP contribution < -0.4 is 5.32 Å². The molecule has 0 amide bonds. The van der Waals surface area contributed by atoms with Crippen LogP contribution in [-0.4, -0.2) is 15.9 Å². The third-order valence-corrected chi connectivity index (χ3v) is 2.64. The summed E-state index contributed by atoms with van der Waals surface area (Å²) in [5.74, 6) is 0. The van der Waals surface area contributed by atoms with Gasteiger partial charge in [-0.15, -0.1) is 0 Å². The van der Waals surface area contributed by atoms with Gasteiger partial charge in [-0.2, -0.15) is 0 Å². The molecule has 0 saturated heterocycles. The number of hydrogen-bond acceptors (Lipinski definition) is 5. The zero-order valence-corrected chi connectivity index (χ0v) is 10.5. The summed E-state index contributed by atoms with van der Waals surface area (Å²) in [5.41, 5.74) is -0.0583. The minimum absolute atomic E-state index is 0.0232. The maximum Gasteiger partial charge on any atom is 0.299 e. The summed E-state index contributed by atoms with van der Waals surface area (Å²) in [6.45, 7) is 5.30. The SMILES string of the molecule is CC[C@H](C)Nc1c([N+](=O)[O-])cc(C)cc1[N+](=O)[O-]. The van der Waals surface area contributed by atoms with Crippen molar-refractivity contribution in [1.82, 2.24) is 0 Å². The van der Waals surface area contributed by atoms with Gasteiger partial charge in [0.15, 0.2) is 5.69 Å². The summed E-state index contributed by atoms with van der Waals surface area (Å²) in [5, 5.41) is 24.8. The molecule has 1 N–H and O–H groups in total. The van der Waals surface area contributed by atoms with E-state index in [2.05, 4.69) is 5.32 Å². The van der Waals surface area contributed by atoms with Gasteiger partial charge in [-0.3, -0.25) is 20.2 Å². The highest BCUT2D eigenvalue weighted by atomic mass is 16.6.